The van der Waals surface area contributed by atoms with Gasteiger partial charge in [-0.2, -0.15) is 0 Å². The van der Waals surface area contributed by atoms with Crippen LogP contribution in [0.1, 0.15) is 83.0 Å². The van der Waals surface area contributed by atoms with Gasteiger partial charge < -0.3 is 14.2 Å². The van der Waals surface area contributed by atoms with Crippen LogP contribution >= 0.6 is 0 Å². The van der Waals surface area contributed by atoms with E-state index in [1.54, 1.807) is 48.5 Å². The summed E-state index contributed by atoms with van der Waals surface area (Å²) in [7, 11) is 0. The molecule has 240 valence electrons. The maximum absolute atomic E-state index is 13.1. The first-order chi connectivity index (χ1) is 21.4. The molecule has 4 N–H and O–H groups in total. The molecule has 0 saturated heterocycles. The minimum Gasteiger partial charge on any atom is -0.493 e. The monoisotopic (exact) mass is 618 g/mol. The maximum Gasteiger partial charge on any atom is 0.273 e. The van der Waals surface area contributed by atoms with Crippen LogP contribution in [0.25, 0.3) is 0 Å². The molecular formula is C34H42N4O7. The molecule has 0 radical (unpaired) electrons. The Morgan fingerprint density at radius 1 is 0.511 bits per heavy atom. The lowest BCUT2D eigenvalue weighted by molar-refractivity contribution is 0.0839. The van der Waals surface area contributed by atoms with Gasteiger partial charge in [-0.25, -0.2) is 0 Å². The summed E-state index contributed by atoms with van der Waals surface area (Å²) in [6, 6.07) is 17.7. The number of benzene rings is 3. The van der Waals surface area contributed by atoms with E-state index >= 15 is 0 Å². The molecule has 0 aliphatic rings. The van der Waals surface area contributed by atoms with Crippen LogP contribution in [0.2, 0.25) is 0 Å². The van der Waals surface area contributed by atoms with E-state index in [-0.39, 0.29) is 45.8 Å². The zero-order chi connectivity index (χ0) is 32.9. The Balaban J connectivity index is 1.73. The van der Waals surface area contributed by atoms with Crippen molar-refractivity contribution in [1.29, 1.82) is 0 Å². The average molecular weight is 619 g/mol. The molecule has 0 aromatic heterocycles. The molecule has 11 heteroatoms. The van der Waals surface area contributed by atoms with Crippen LogP contribution < -0.4 is 35.9 Å². The fraction of sp³-hybridized carbons (Fsp3) is 0.353. The number of rotatable bonds is 13. The van der Waals surface area contributed by atoms with E-state index in [1.165, 1.54) is 18.2 Å². The molecule has 0 aliphatic carbocycles. The lowest BCUT2D eigenvalue weighted by Crippen LogP contribution is -2.42. The molecule has 11 nitrogen and oxygen atoms in total. The van der Waals surface area contributed by atoms with Gasteiger partial charge in [-0.05, 0) is 60.2 Å². The van der Waals surface area contributed by atoms with Gasteiger partial charge in [0.1, 0.15) is 17.2 Å². The summed E-state index contributed by atoms with van der Waals surface area (Å²) in [6.45, 7) is 13.1. The van der Waals surface area contributed by atoms with Crippen molar-refractivity contribution < 1.29 is 33.4 Å². The third-order valence-electron chi connectivity index (χ3n) is 6.00. The van der Waals surface area contributed by atoms with Crippen LogP contribution in [0.3, 0.4) is 0 Å². The van der Waals surface area contributed by atoms with E-state index in [9.17, 15) is 19.2 Å². The number of hydrogen-bond donors (Lipinski definition) is 4. The molecule has 0 bridgehead atoms. The minimum absolute atomic E-state index is 0.0461. The maximum atomic E-state index is 13.1. The average Bonchev–Trinajstić information content (AvgIpc) is 3.02. The molecule has 45 heavy (non-hydrogen) atoms. The van der Waals surface area contributed by atoms with Crippen LogP contribution in [0, 0.1) is 17.8 Å². The van der Waals surface area contributed by atoms with E-state index in [2.05, 4.69) is 21.7 Å². The van der Waals surface area contributed by atoms with Crippen molar-refractivity contribution in [2.24, 2.45) is 17.8 Å². The topological polar surface area (TPSA) is 144 Å². The van der Waals surface area contributed by atoms with E-state index in [0.29, 0.717) is 31.3 Å². The number of nitrogens with one attached hydrogen (secondary N) is 4. The van der Waals surface area contributed by atoms with E-state index in [0.717, 1.165) is 0 Å². The largest absolute Gasteiger partial charge is 0.493 e. The molecule has 0 atom stereocenters. The zero-order valence-electron chi connectivity index (χ0n) is 26.6. The molecule has 0 spiro atoms. The standard InChI is InChI=1S/C34H42N4O7/c1-21(2)18-43-26-16-24(31(39)35-37-33(41)27-11-7-9-13-29(27)44-19-22(3)4)15-25(17-26)32(40)36-38-34(42)28-12-8-10-14-30(28)45-20-23(5)6/h7-17,21-23H,18-20H2,1-6H3,(H,35,39)(H,36,40)(H,37,41)(H,38,42). The quantitative estimate of drug-likeness (QED) is 0.199. The van der Waals surface area contributed by atoms with E-state index < -0.39 is 23.6 Å². The smallest absolute Gasteiger partial charge is 0.273 e. The summed E-state index contributed by atoms with van der Waals surface area (Å²) in [5.41, 5.74) is 10.1. The van der Waals surface area contributed by atoms with Crippen LogP contribution in [-0.2, 0) is 0 Å². The van der Waals surface area contributed by atoms with Crippen LogP contribution in [0.4, 0.5) is 0 Å². The first-order valence-electron chi connectivity index (χ1n) is 14.9. The molecule has 0 aliphatic heterocycles. The molecule has 4 amide bonds. The van der Waals surface area contributed by atoms with Gasteiger partial charge in [-0.15, -0.1) is 0 Å². The second-order valence-corrected chi connectivity index (χ2v) is 11.7. The predicted molar refractivity (Wildman–Crippen MR) is 170 cm³/mol. The van der Waals surface area contributed by atoms with Crippen molar-refractivity contribution >= 4 is 23.6 Å². The van der Waals surface area contributed by atoms with Crippen molar-refractivity contribution in [2.75, 3.05) is 19.8 Å². The Morgan fingerprint density at radius 2 is 0.867 bits per heavy atom. The molecule has 0 fully saturated rings. The lowest BCUT2D eigenvalue weighted by Gasteiger charge is -2.15. The third kappa shape index (κ3) is 10.9. The first-order valence-corrected chi connectivity index (χ1v) is 14.9. The Kier molecular flexibility index (Phi) is 12.8. The summed E-state index contributed by atoms with van der Waals surface area (Å²) < 4.78 is 17.3. The number of hydrogen-bond acceptors (Lipinski definition) is 7. The van der Waals surface area contributed by atoms with Gasteiger partial charge in [0.2, 0.25) is 0 Å². The highest BCUT2D eigenvalue weighted by Gasteiger charge is 2.19. The molecule has 3 aromatic rings. The first kappa shape index (κ1) is 34.4. The number of carbonyl (C=O) groups is 4. The van der Waals surface area contributed by atoms with Crippen molar-refractivity contribution in [3.8, 4) is 17.2 Å². The second kappa shape index (κ2) is 16.7. The zero-order valence-corrected chi connectivity index (χ0v) is 26.6. The Labute approximate surface area is 264 Å². The van der Waals surface area contributed by atoms with Gasteiger partial charge in [0.15, 0.2) is 0 Å². The summed E-state index contributed by atoms with van der Waals surface area (Å²) in [4.78, 5) is 52.0. The van der Waals surface area contributed by atoms with E-state index in [4.69, 9.17) is 14.2 Å². The molecule has 3 rings (SSSR count). The predicted octanol–water partition coefficient (Wildman–Crippen LogP) is 4.94. The van der Waals surface area contributed by atoms with Gasteiger partial charge in [0.05, 0.1) is 30.9 Å². The van der Waals surface area contributed by atoms with Crippen molar-refractivity contribution in [2.45, 2.75) is 41.5 Å². The summed E-state index contributed by atoms with van der Waals surface area (Å²) in [5.74, 6) is -0.805. The fourth-order valence-electron chi connectivity index (χ4n) is 3.79. The number of hydrazine groups is 2. The highest BCUT2D eigenvalue weighted by atomic mass is 16.5. The summed E-state index contributed by atoms with van der Waals surface area (Å²) in [6.07, 6.45) is 0. The number of carbonyl (C=O) groups excluding carboxylic acids is 4. The highest BCUT2D eigenvalue weighted by molar-refractivity contribution is 6.04. The van der Waals surface area contributed by atoms with Gasteiger partial charge in [-0.1, -0.05) is 65.8 Å². The van der Waals surface area contributed by atoms with Crippen LogP contribution in [0.15, 0.2) is 66.7 Å². The second-order valence-electron chi connectivity index (χ2n) is 11.7. The molecule has 0 unspecified atom stereocenters. The molecular weight excluding hydrogens is 576 g/mol. The summed E-state index contributed by atoms with van der Waals surface area (Å²) in [5, 5.41) is 0. The van der Waals surface area contributed by atoms with Gasteiger partial charge >= 0.3 is 0 Å². The van der Waals surface area contributed by atoms with Crippen LogP contribution in [0.5, 0.6) is 17.2 Å². The van der Waals surface area contributed by atoms with Gasteiger partial charge in [-0.3, -0.25) is 40.9 Å². The fourth-order valence-corrected chi connectivity index (χ4v) is 3.79. The van der Waals surface area contributed by atoms with Crippen molar-refractivity contribution in [3.63, 3.8) is 0 Å². The molecule has 0 heterocycles. The number of ether oxygens (including phenoxy) is 3. The van der Waals surface area contributed by atoms with Crippen molar-refractivity contribution in [1.82, 2.24) is 21.7 Å². The van der Waals surface area contributed by atoms with E-state index in [1.807, 2.05) is 41.5 Å². The Morgan fingerprint density at radius 3 is 1.27 bits per heavy atom. The Bertz CT molecular complexity index is 1390. The van der Waals surface area contributed by atoms with Crippen LogP contribution in [-0.4, -0.2) is 43.4 Å². The van der Waals surface area contributed by atoms with Gasteiger partial charge in [0.25, 0.3) is 23.6 Å². The Hall–Kier alpha value is -5.06. The third-order valence-corrected chi connectivity index (χ3v) is 6.00. The van der Waals surface area contributed by atoms with Gasteiger partial charge in [0, 0.05) is 11.1 Å². The normalized spacial score (nSPS) is 10.8. The summed E-state index contributed by atoms with van der Waals surface area (Å²) >= 11 is 0. The molecule has 0 saturated carbocycles. The minimum atomic E-state index is -0.687. The number of para-hydroxylation sites is 2. The van der Waals surface area contributed by atoms with Crippen molar-refractivity contribution in [3.05, 3.63) is 89.0 Å². The molecule has 3 aromatic carbocycles. The number of amides is 4. The lowest BCUT2D eigenvalue weighted by atomic mass is 10.1. The SMILES string of the molecule is CC(C)COc1cc(C(=O)NNC(=O)c2ccccc2OCC(C)C)cc(C(=O)NNC(=O)c2ccccc2OCC(C)C)c1. The highest BCUT2D eigenvalue weighted by Crippen LogP contribution is 2.21.